The number of nitrogens with zero attached hydrogens (tertiary/aromatic N) is 2. The second-order valence-corrected chi connectivity index (χ2v) is 3.24. The Morgan fingerprint density at radius 1 is 1.60 bits per heavy atom. The SMILES string of the molecule is CCC(=O)C(C)c1ccc([N+](=O)[O-])cn1. The van der Waals surface area contributed by atoms with Gasteiger partial charge in [0.2, 0.25) is 0 Å². The van der Waals surface area contributed by atoms with Crippen molar-refractivity contribution in [2.45, 2.75) is 26.2 Å². The summed E-state index contributed by atoms with van der Waals surface area (Å²) in [7, 11) is 0. The predicted octanol–water partition coefficient (Wildman–Crippen LogP) is 2.07. The van der Waals surface area contributed by atoms with Crippen LogP contribution in [0.3, 0.4) is 0 Å². The molecule has 1 rings (SSSR count). The third-order valence-electron chi connectivity index (χ3n) is 2.26. The van der Waals surface area contributed by atoms with E-state index in [1.807, 2.05) is 0 Å². The molecule has 0 saturated heterocycles. The van der Waals surface area contributed by atoms with Crippen molar-refractivity contribution < 1.29 is 9.72 Å². The summed E-state index contributed by atoms with van der Waals surface area (Å²) in [4.78, 5) is 25.1. The Hall–Kier alpha value is -1.78. The summed E-state index contributed by atoms with van der Waals surface area (Å²) in [5.74, 6) is -0.216. The molecule has 0 aliphatic rings. The first-order valence-electron chi connectivity index (χ1n) is 4.69. The number of aromatic nitrogens is 1. The molecule has 0 N–H and O–H groups in total. The molecule has 15 heavy (non-hydrogen) atoms. The van der Waals surface area contributed by atoms with Crippen LogP contribution in [0.2, 0.25) is 0 Å². The average Bonchev–Trinajstić information content (AvgIpc) is 2.27. The maximum atomic E-state index is 11.4. The van der Waals surface area contributed by atoms with E-state index < -0.39 is 4.92 Å². The quantitative estimate of drug-likeness (QED) is 0.560. The lowest BCUT2D eigenvalue weighted by Crippen LogP contribution is -2.09. The van der Waals surface area contributed by atoms with Gasteiger partial charge in [-0.25, -0.2) is 0 Å². The van der Waals surface area contributed by atoms with Crippen molar-refractivity contribution in [3.05, 3.63) is 34.1 Å². The Balaban J connectivity index is 2.89. The maximum absolute atomic E-state index is 11.4. The maximum Gasteiger partial charge on any atom is 0.287 e. The van der Waals surface area contributed by atoms with Gasteiger partial charge in [-0.1, -0.05) is 6.92 Å². The summed E-state index contributed by atoms with van der Waals surface area (Å²) in [5, 5.41) is 10.4. The third-order valence-corrected chi connectivity index (χ3v) is 2.26. The summed E-state index contributed by atoms with van der Waals surface area (Å²) in [6.07, 6.45) is 1.62. The van der Waals surface area contributed by atoms with Crippen molar-refractivity contribution >= 4 is 11.5 Å². The van der Waals surface area contributed by atoms with E-state index in [1.54, 1.807) is 13.8 Å². The molecule has 0 radical (unpaired) electrons. The van der Waals surface area contributed by atoms with E-state index in [0.29, 0.717) is 12.1 Å². The molecule has 1 aromatic rings. The molecule has 1 atom stereocenters. The highest BCUT2D eigenvalue weighted by Crippen LogP contribution is 2.17. The van der Waals surface area contributed by atoms with Gasteiger partial charge in [-0.2, -0.15) is 0 Å². The van der Waals surface area contributed by atoms with Crippen molar-refractivity contribution in [2.75, 3.05) is 0 Å². The van der Waals surface area contributed by atoms with Gasteiger partial charge in [0.25, 0.3) is 5.69 Å². The molecule has 5 nitrogen and oxygen atoms in total. The van der Waals surface area contributed by atoms with Crippen LogP contribution in [0, 0.1) is 10.1 Å². The van der Waals surface area contributed by atoms with Gasteiger partial charge >= 0.3 is 0 Å². The monoisotopic (exact) mass is 208 g/mol. The van der Waals surface area contributed by atoms with Crippen LogP contribution < -0.4 is 0 Å². The average molecular weight is 208 g/mol. The number of hydrogen-bond acceptors (Lipinski definition) is 4. The Kier molecular flexibility index (Phi) is 3.49. The molecule has 0 aliphatic heterocycles. The second kappa shape index (κ2) is 4.63. The topological polar surface area (TPSA) is 73.1 Å². The summed E-state index contributed by atoms with van der Waals surface area (Å²) < 4.78 is 0. The van der Waals surface area contributed by atoms with Gasteiger partial charge < -0.3 is 0 Å². The van der Waals surface area contributed by atoms with E-state index in [-0.39, 0.29) is 17.4 Å². The standard InChI is InChI=1S/C10H12N2O3/c1-3-10(13)7(2)9-5-4-8(6-11-9)12(14)15/h4-7H,3H2,1-2H3. The fourth-order valence-corrected chi connectivity index (χ4v) is 1.23. The zero-order valence-corrected chi connectivity index (χ0v) is 8.64. The van der Waals surface area contributed by atoms with Crippen LogP contribution >= 0.6 is 0 Å². The molecule has 1 unspecified atom stereocenters. The lowest BCUT2D eigenvalue weighted by Gasteiger charge is -2.07. The first-order valence-corrected chi connectivity index (χ1v) is 4.69. The highest BCUT2D eigenvalue weighted by atomic mass is 16.6. The second-order valence-electron chi connectivity index (χ2n) is 3.24. The van der Waals surface area contributed by atoms with E-state index in [1.165, 1.54) is 18.3 Å². The van der Waals surface area contributed by atoms with Crippen molar-refractivity contribution in [3.8, 4) is 0 Å². The van der Waals surface area contributed by atoms with E-state index in [4.69, 9.17) is 0 Å². The van der Waals surface area contributed by atoms with E-state index in [9.17, 15) is 14.9 Å². The van der Waals surface area contributed by atoms with Crippen molar-refractivity contribution in [1.29, 1.82) is 0 Å². The molecule has 0 amide bonds. The van der Waals surface area contributed by atoms with Gasteiger partial charge in [0, 0.05) is 12.5 Å². The number of carbonyl (C=O) groups excluding carboxylic acids is 1. The molecular formula is C10H12N2O3. The molecule has 0 aromatic carbocycles. The van der Waals surface area contributed by atoms with Gasteiger partial charge in [-0.15, -0.1) is 0 Å². The molecular weight excluding hydrogens is 196 g/mol. The van der Waals surface area contributed by atoms with Crippen molar-refractivity contribution in [1.82, 2.24) is 4.98 Å². The van der Waals surface area contributed by atoms with Crippen molar-refractivity contribution in [3.63, 3.8) is 0 Å². The molecule has 1 aromatic heterocycles. The number of hydrogen-bond donors (Lipinski definition) is 0. The van der Waals surface area contributed by atoms with Gasteiger partial charge in [0.1, 0.15) is 12.0 Å². The molecule has 1 heterocycles. The number of pyridine rings is 1. The summed E-state index contributed by atoms with van der Waals surface area (Å²) >= 11 is 0. The molecule has 0 bridgehead atoms. The van der Waals surface area contributed by atoms with Crippen LogP contribution in [0.5, 0.6) is 0 Å². The van der Waals surface area contributed by atoms with Crippen LogP contribution in [0.4, 0.5) is 5.69 Å². The normalized spacial score (nSPS) is 12.1. The van der Waals surface area contributed by atoms with Gasteiger partial charge in [0.05, 0.1) is 16.5 Å². The number of nitro groups is 1. The van der Waals surface area contributed by atoms with E-state index in [0.717, 1.165) is 0 Å². The number of carbonyl (C=O) groups is 1. The molecule has 0 fully saturated rings. The zero-order chi connectivity index (χ0) is 11.4. The minimum atomic E-state index is -0.511. The summed E-state index contributed by atoms with van der Waals surface area (Å²) in [5.41, 5.74) is 0.516. The Morgan fingerprint density at radius 3 is 2.67 bits per heavy atom. The van der Waals surface area contributed by atoms with Gasteiger partial charge in [0.15, 0.2) is 0 Å². The lowest BCUT2D eigenvalue weighted by molar-refractivity contribution is -0.385. The number of ketones is 1. The lowest BCUT2D eigenvalue weighted by atomic mass is 10.0. The summed E-state index contributed by atoms with van der Waals surface area (Å²) in [6, 6.07) is 2.89. The van der Waals surface area contributed by atoms with Crippen LogP contribution in [-0.2, 0) is 4.79 Å². The Bertz CT molecular complexity index is 373. The molecule has 0 spiro atoms. The first-order chi connectivity index (χ1) is 7.06. The Labute approximate surface area is 87.3 Å². The fraction of sp³-hybridized carbons (Fsp3) is 0.400. The first kappa shape index (κ1) is 11.3. The number of Topliss-reactive ketones (excluding diaryl/α,β-unsaturated/α-hetero) is 1. The van der Waals surface area contributed by atoms with E-state index in [2.05, 4.69) is 4.98 Å². The predicted molar refractivity (Wildman–Crippen MR) is 54.6 cm³/mol. The van der Waals surface area contributed by atoms with Crippen LogP contribution in [0.15, 0.2) is 18.3 Å². The Morgan fingerprint density at radius 2 is 2.27 bits per heavy atom. The molecule has 5 heteroatoms. The largest absolute Gasteiger partial charge is 0.299 e. The summed E-state index contributed by atoms with van der Waals surface area (Å²) in [6.45, 7) is 3.53. The highest BCUT2D eigenvalue weighted by molar-refractivity contribution is 5.84. The third kappa shape index (κ3) is 2.59. The fourth-order valence-electron chi connectivity index (χ4n) is 1.23. The number of rotatable bonds is 4. The minimum Gasteiger partial charge on any atom is -0.299 e. The van der Waals surface area contributed by atoms with Crippen LogP contribution in [0.25, 0.3) is 0 Å². The van der Waals surface area contributed by atoms with Gasteiger partial charge in [-0.05, 0) is 13.0 Å². The molecule has 0 aliphatic carbocycles. The van der Waals surface area contributed by atoms with Crippen molar-refractivity contribution in [2.24, 2.45) is 0 Å². The minimum absolute atomic E-state index is 0.0603. The highest BCUT2D eigenvalue weighted by Gasteiger charge is 2.15. The molecule has 80 valence electrons. The smallest absolute Gasteiger partial charge is 0.287 e. The van der Waals surface area contributed by atoms with Crippen LogP contribution in [0.1, 0.15) is 31.9 Å². The van der Waals surface area contributed by atoms with E-state index >= 15 is 0 Å². The van der Waals surface area contributed by atoms with Crippen LogP contribution in [-0.4, -0.2) is 15.7 Å². The zero-order valence-electron chi connectivity index (χ0n) is 8.64. The molecule has 0 saturated carbocycles. The van der Waals surface area contributed by atoms with Gasteiger partial charge in [-0.3, -0.25) is 19.9 Å².